The monoisotopic (exact) mass is 265 g/mol. The molecule has 0 unspecified atom stereocenters. The topological polar surface area (TPSA) is 26.0 Å². The van der Waals surface area contributed by atoms with E-state index in [4.69, 9.17) is 4.52 Å². The first-order valence-corrected chi connectivity index (χ1v) is 4.39. The first-order chi connectivity index (χ1) is 6.48. The number of alkyl halides is 3. The zero-order valence-corrected chi connectivity index (χ0v) is 8.19. The summed E-state index contributed by atoms with van der Waals surface area (Å²) in [5, 5.41) is 3.74. The van der Waals surface area contributed by atoms with Crippen molar-refractivity contribution in [1.29, 1.82) is 0 Å². The Bertz CT molecular complexity index is 477. The number of fused-ring (bicyclic) bond motifs is 1. The van der Waals surface area contributed by atoms with Crippen LogP contribution in [-0.2, 0) is 6.18 Å². The van der Waals surface area contributed by atoms with E-state index in [1.807, 2.05) is 0 Å². The summed E-state index contributed by atoms with van der Waals surface area (Å²) in [6, 6.07) is 1.96. The highest BCUT2D eigenvalue weighted by molar-refractivity contribution is 9.10. The molecule has 14 heavy (non-hydrogen) atoms. The molecule has 2 rings (SSSR count). The maximum atomic E-state index is 12.3. The largest absolute Gasteiger partial charge is 0.416 e. The van der Waals surface area contributed by atoms with Crippen LogP contribution in [-0.4, -0.2) is 5.16 Å². The van der Waals surface area contributed by atoms with Crippen molar-refractivity contribution in [3.05, 3.63) is 28.4 Å². The van der Waals surface area contributed by atoms with Gasteiger partial charge in [-0.25, -0.2) is 0 Å². The Hall–Kier alpha value is -1.04. The van der Waals surface area contributed by atoms with Crippen LogP contribution in [0.5, 0.6) is 0 Å². The molecule has 74 valence electrons. The second kappa shape index (κ2) is 2.98. The van der Waals surface area contributed by atoms with Crippen LogP contribution in [0.15, 0.2) is 27.3 Å². The first-order valence-electron chi connectivity index (χ1n) is 3.59. The highest BCUT2D eigenvalue weighted by Crippen LogP contribution is 2.34. The fourth-order valence-electron chi connectivity index (χ4n) is 1.11. The summed E-state index contributed by atoms with van der Waals surface area (Å²) >= 11 is 2.99. The Morgan fingerprint density at radius 3 is 2.64 bits per heavy atom. The summed E-state index contributed by atoms with van der Waals surface area (Å²) in [5.74, 6) is 0. The van der Waals surface area contributed by atoms with Gasteiger partial charge >= 0.3 is 6.18 Å². The third-order valence-electron chi connectivity index (χ3n) is 1.74. The number of hydrogen-bond acceptors (Lipinski definition) is 2. The van der Waals surface area contributed by atoms with Crippen molar-refractivity contribution in [2.45, 2.75) is 6.18 Å². The molecule has 0 N–H and O–H groups in total. The summed E-state index contributed by atoms with van der Waals surface area (Å²) in [4.78, 5) is 0. The third-order valence-corrected chi connectivity index (χ3v) is 2.32. The molecular weight excluding hydrogens is 263 g/mol. The molecule has 0 amide bonds. The van der Waals surface area contributed by atoms with Gasteiger partial charge in [-0.15, -0.1) is 0 Å². The van der Waals surface area contributed by atoms with E-state index in [1.54, 1.807) is 0 Å². The number of hydrogen-bond donors (Lipinski definition) is 0. The summed E-state index contributed by atoms with van der Waals surface area (Å²) < 4.78 is 42.0. The van der Waals surface area contributed by atoms with E-state index in [1.165, 1.54) is 6.20 Å². The lowest BCUT2D eigenvalue weighted by atomic mass is 10.1. The van der Waals surface area contributed by atoms with Crippen LogP contribution in [0, 0.1) is 0 Å². The predicted octanol–water partition coefficient (Wildman–Crippen LogP) is 3.61. The summed E-state index contributed by atoms with van der Waals surface area (Å²) in [7, 11) is 0. The van der Waals surface area contributed by atoms with E-state index in [0.717, 1.165) is 12.1 Å². The van der Waals surface area contributed by atoms with E-state index in [9.17, 15) is 13.2 Å². The van der Waals surface area contributed by atoms with E-state index >= 15 is 0 Å². The van der Waals surface area contributed by atoms with Gasteiger partial charge in [0.05, 0.1) is 16.2 Å². The highest BCUT2D eigenvalue weighted by Gasteiger charge is 2.31. The summed E-state index contributed by atoms with van der Waals surface area (Å²) in [6.07, 6.45) is -3.11. The highest BCUT2D eigenvalue weighted by atomic mass is 79.9. The van der Waals surface area contributed by atoms with Crippen molar-refractivity contribution >= 4 is 26.9 Å². The van der Waals surface area contributed by atoms with E-state index in [-0.39, 0.29) is 4.47 Å². The van der Waals surface area contributed by atoms with E-state index in [2.05, 4.69) is 21.1 Å². The van der Waals surface area contributed by atoms with Crippen LogP contribution >= 0.6 is 15.9 Å². The van der Waals surface area contributed by atoms with Gasteiger partial charge in [0.2, 0.25) is 0 Å². The van der Waals surface area contributed by atoms with Crippen molar-refractivity contribution in [3.8, 4) is 0 Å². The molecule has 2 aromatic rings. The number of nitrogens with zero attached hydrogens (tertiary/aromatic N) is 1. The number of rotatable bonds is 0. The Kier molecular flexibility index (Phi) is 2.02. The van der Waals surface area contributed by atoms with Crippen LogP contribution < -0.4 is 0 Å². The lowest BCUT2D eigenvalue weighted by Crippen LogP contribution is -2.04. The fourth-order valence-corrected chi connectivity index (χ4v) is 1.65. The second-order valence-electron chi connectivity index (χ2n) is 2.70. The van der Waals surface area contributed by atoms with Gasteiger partial charge in [-0.05, 0) is 28.1 Å². The molecular formula is C8H3BrF3NO. The zero-order chi connectivity index (χ0) is 10.3. The molecule has 0 saturated carbocycles. The van der Waals surface area contributed by atoms with Gasteiger partial charge < -0.3 is 4.52 Å². The van der Waals surface area contributed by atoms with E-state index in [0.29, 0.717) is 11.0 Å². The molecule has 0 fully saturated rings. The van der Waals surface area contributed by atoms with Gasteiger partial charge in [0.25, 0.3) is 0 Å². The molecule has 1 aromatic heterocycles. The minimum Gasteiger partial charge on any atom is -0.355 e. The fraction of sp³-hybridized carbons (Fsp3) is 0.125. The number of halogens is 4. The summed E-state index contributed by atoms with van der Waals surface area (Å²) in [6.45, 7) is 0. The minimum absolute atomic E-state index is 0.250. The summed E-state index contributed by atoms with van der Waals surface area (Å²) in [5.41, 5.74) is -0.405. The van der Waals surface area contributed by atoms with Gasteiger partial charge in [0.15, 0.2) is 5.58 Å². The Morgan fingerprint density at radius 2 is 2.00 bits per heavy atom. The smallest absolute Gasteiger partial charge is 0.355 e. The molecule has 6 heteroatoms. The molecule has 0 bridgehead atoms. The average molecular weight is 266 g/mol. The lowest BCUT2D eigenvalue weighted by molar-refractivity contribution is -0.137. The normalized spacial score (nSPS) is 12.3. The first kappa shape index (κ1) is 9.51. The molecule has 0 aliphatic carbocycles. The number of aromatic nitrogens is 1. The molecule has 2 nitrogen and oxygen atoms in total. The molecule has 0 saturated heterocycles. The maximum Gasteiger partial charge on any atom is 0.416 e. The molecule has 0 radical (unpaired) electrons. The van der Waals surface area contributed by atoms with Gasteiger partial charge in [0.1, 0.15) is 0 Å². The zero-order valence-electron chi connectivity index (χ0n) is 6.60. The van der Waals surface area contributed by atoms with Crippen LogP contribution in [0.2, 0.25) is 0 Å². The van der Waals surface area contributed by atoms with Crippen LogP contribution in [0.1, 0.15) is 5.56 Å². The minimum atomic E-state index is -4.35. The second-order valence-corrected chi connectivity index (χ2v) is 3.55. The average Bonchev–Trinajstić information content (AvgIpc) is 2.50. The standard InChI is InChI=1S/C8H3BrF3NO/c9-6-2-5(8(10,11)12)1-4-3-13-14-7(4)6/h1-3H. The lowest BCUT2D eigenvalue weighted by Gasteiger charge is -2.06. The molecule has 1 aromatic carbocycles. The van der Waals surface area contributed by atoms with E-state index < -0.39 is 11.7 Å². The van der Waals surface area contributed by atoms with Gasteiger partial charge in [-0.1, -0.05) is 5.16 Å². The van der Waals surface area contributed by atoms with Gasteiger partial charge in [-0.3, -0.25) is 0 Å². The third kappa shape index (κ3) is 1.50. The van der Waals surface area contributed by atoms with Crippen molar-refractivity contribution in [1.82, 2.24) is 5.16 Å². The van der Waals surface area contributed by atoms with Gasteiger partial charge in [-0.2, -0.15) is 13.2 Å². The van der Waals surface area contributed by atoms with Gasteiger partial charge in [0, 0.05) is 5.39 Å². The van der Waals surface area contributed by atoms with Crippen molar-refractivity contribution < 1.29 is 17.7 Å². The number of benzene rings is 1. The predicted molar refractivity (Wildman–Crippen MR) is 46.7 cm³/mol. The molecule has 1 heterocycles. The van der Waals surface area contributed by atoms with Crippen LogP contribution in [0.4, 0.5) is 13.2 Å². The maximum absolute atomic E-state index is 12.3. The Labute approximate surface area is 84.8 Å². The van der Waals surface area contributed by atoms with Crippen molar-refractivity contribution in [2.24, 2.45) is 0 Å². The molecule has 0 spiro atoms. The SMILES string of the molecule is FC(F)(F)c1cc(Br)c2oncc2c1. The van der Waals surface area contributed by atoms with Crippen LogP contribution in [0.25, 0.3) is 11.0 Å². The quantitative estimate of drug-likeness (QED) is 0.728. The Morgan fingerprint density at radius 1 is 1.29 bits per heavy atom. The van der Waals surface area contributed by atoms with Crippen LogP contribution in [0.3, 0.4) is 0 Å². The Balaban J connectivity index is 2.70. The van der Waals surface area contributed by atoms with Crippen molar-refractivity contribution in [3.63, 3.8) is 0 Å². The molecule has 0 aliphatic heterocycles. The molecule has 0 atom stereocenters. The van der Waals surface area contributed by atoms with Crippen molar-refractivity contribution in [2.75, 3.05) is 0 Å². The molecule has 0 aliphatic rings.